The van der Waals surface area contributed by atoms with E-state index in [2.05, 4.69) is 24.0 Å². The van der Waals surface area contributed by atoms with Crippen molar-refractivity contribution in [2.75, 3.05) is 41.0 Å². The third kappa shape index (κ3) is 4.92. The number of aryl methyl sites for hydroxylation is 1. The van der Waals surface area contributed by atoms with E-state index in [0.29, 0.717) is 23.0 Å². The van der Waals surface area contributed by atoms with Crippen molar-refractivity contribution in [2.45, 2.75) is 39.0 Å². The van der Waals surface area contributed by atoms with E-state index >= 15 is 0 Å². The van der Waals surface area contributed by atoms with Crippen LogP contribution in [0.25, 0.3) is 11.0 Å². The van der Waals surface area contributed by atoms with E-state index in [0.717, 1.165) is 53.9 Å². The Morgan fingerprint density at radius 2 is 1.79 bits per heavy atom. The van der Waals surface area contributed by atoms with Gasteiger partial charge in [-0.2, -0.15) is 0 Å². The molecule has 0 N–H and O–H groups in total. The third-order valence-electron chi connectivity index (χ3n) is 6.96. The molecule has 2 heterocycles. The first-order chi connectivity index (χ1) is 16.4. The average Bonchev–Trinajstić information content (AvgIpc) is 2.84. The fourth-order valence-electron chi connectivity index (χ4n) is 5.26. The summed E-state index contributed by atoms with van der Waals surface area (Å²) < 4.78 is 22.8. The first-order valence-electron chi connectivity index (χ1n) is 12.0. The van der Waals surface area contributed by atoms with Crippen molar-refractivity contribution in [3.05, 3.63) is 63.5 Å². The van der Waals surface area contributed by atoms with Gasteiger partial charge in [0.15, 0.2) is 0 Å². The van der Waals surface area contributed by atoms with Crippen LogP contribution in [0, 0.1) is 12.8 Å². The van der Waals surface area contributed by atoms with Gasteiger partial charge in [0.05, 0.1) is 26.7 Å². The van der Waals surface area contributed by atoms with Gasteiger partial charge >= 0.3 is 5.63 Å². The predicted octanol–water partition coefficient (Wildman–Crippen LogP) is 5.38. The van der Waals surface area contributed by atoms with Crippen LogP contribution in [0.4, 0.5) is 0 Å². The molecular weight excluding hydrogens is 430 g/mol. The van der Waals surface area contributed by atoms with Crippen molar-refractivity contribution >= 4 is 11.0 Å². The number of ether oxygens (including phenoxy) is 3. The molecule has 0 spiro atoms. The smallest absolute Gasteiger partial charge is 0.336 e. The average molecular weight is 466 g/mol. The summed E-state index contributed by atoms with van der Waals surface area (Å²) in [5.41, 5.74) is 2.99. The van der Waals surface area contributed by atoms with Gasteiger partial charge in [0.1, 0.15) is 22.8 Å². The molecule has 6 heteroatoms. The quantitative estimate of drug-likeness (QED) is 0.416. The van der Waals surface area contributed by atoms with E-state index < -0.39 is 0 Å². The number of nitrogens with zero attached hydrogens (tertiary/aromatic N) is 1. The number of hydrogen-bond acceptors (Lipinski definition) is 6. The van der Waals surface area contributed by atoms with E-state index in [9.17, 15) is 4.79 Å². The van der Waals surface area contributed by atoms with E-state index in [4.69, 9.17) is 18.6 Å². The van der Waals surface area contributed by atoms with E-state index in [1.165, 1.54) is 18.9 Å². The highest BCUT2D eigenvalue weighted by atomic mass is 16.5. The molecule has 0 saturated carbocycles. The fraction of sp³-hybridized carbons (Fsp3) is 0.464. The second-order valence-corrected chi connectivity index (χ2v) is 9.31. The molecule has 1 fully saturated rings. The number of rotatable bonds is 8. The minimum absolute atomic E-state index is 0.0311. The lowest BCUT2D eigenvalue weighted by molar-refractivity contribution is 0.180. The number of fused-ring (bicyclic) bond motifs is 1. The first-order valence-corrected chi connectivity index (χ1v) is 12.0. The van der Waals surface area contributed by atoms with Crippen molar-refractivity contribution in [2.24, 2.45) is 5.92 Å². The molecule has 4 rings (SSSR count). The minimum Gasteiger partial charge on any atom is -0.497 e. The summed E-state index contributed by atoms with van der Waals surface area (Å²) in [6.07, 6.45) is 3.39. The molecule has 0 radical (unpaired) electrons. The minimum atomic E-state index is -0.375. The fourth-order valence-corrected chi connectivity index (χ4v) is 5.26. The molecular formula is C28H35NO5. The maximum atomic E-state index is 12.5. The van der Waals surface area contributed by atoms with Crippen molar-refractivity contribution in [3.8, 4) is 17.2 Å². The topological polar surface area (TPSA) is 61.1 Å². The normalized spacial score (nSPS) is 17.5. The zero-order valence-corrected chi connectivity index (χ0v) is 20.8. The van der Waals surface area contributed by atoms with Crippen molar-refractivity contribution in [1.82, 2.24) is 4.90 Å². The molecule has 34 heavy (non-hydrogen) atoms. The maximum absolute atomic E-state index is 12.5. The van der Waals surface area contributed by atoms with Crippen LogP contribution < -0.4 is 19.8 Å². The second-order valence-electron chi connectivity index (χ2n) is 9.31. The molecule has 0 bridgehead atoms. The molecule has 3 aromatic rings. The lowest BCUT2D eigenvalue weighted by atomic mass is 9.85. The Morgan fingerprint density at radius 1 is 1.06 bits per heavy atom. The predicted molar refractivity (Wildman–Crippen MR) is 135 cm³/mol. The van der Waals surface area contributed by atoms with Crippen molar-refractivity contribution in [3.63, 3.8) is 0 Å². The molecule has 0 amide bonds. The molecule has 0 unspecified atom stereocenters. The lowest BCUT2D eigenvalue weighted by Gasteiger charge is -2.32. The van der Waals surface area contributed by atoms with E-state index in [-0.39, 0.29) is 11.5 Å². The van der Waals surface area contributed by atoms with Gasteiger partial charge in [0, 0.05) is 30.2 Å². The van der Waals surface area contributed by atoms with Gasteiger partial charge in [-0.25, -0.2) is 4.79 Å². The zero-order chi connectivity index (χ0) is 24.2. The van der Waals surface area contributed by atoms with Gasteiger partial charge < -0.3 is 23.5 Å². The molecule has 1 saturated heterocycles. The van der Waals surface area contributed by atoms with Crippen LogP contribution in [0.2, 0.25) is 0 Å². The summed E-state index contributed by atoms with van der Waals surface area (Å²) in [4.78, 5) is 15.0. The number of piperidine rings is 1. The molecule has 0 aliphatic carbocycles. The Morgan fingerprint density at radius 3 is 2.44 bits per heavy atom. The number of likely N-dealkylation sites (tertiary alicyclic amines) is 1. The van der Waals surface area contributed by atoms with E-state index in [1.807, 2.05) is 25.1 Å². The molecule has 182 valence electrons. The number of methoxy groups -OCH3 is 3. The molecule has 1 aliphatic heterocycles. The van der Waals surface area contributed by atoms with Gasteiger partial charge in [-0.05, 0) is 68.5 Å². The van der Waals surface area contributed by atoms with Gasteiger partial charge in [0.2, 0.25) is 0 Å². The summed E-state index contributed by atoms with van der Waals surface area (Å²) in [6.45, 7) is 7.42. The third-order valence-corrected chi connectivity index (χ3v) is 6.96. The Bertz CT molecular complexity index is 1180. The second kappa shape index (κ2) is 10.5. The first kappa shape index (κ1) is 24.1. The van der Waals surface area contributed by atoms with Crippen LogP contribution in [0.3, 0.4) is 0 Å². The zero-order valence-electron chi connectivity index (χ0n) is 20.8. The monoisotopic (exact) mass is 465 g/mol. The van der Waals surface area contributed by atoms with Gasteiger partial charge in [-0.1, -0.05) is 19.1 Å². The molecule has 6 nitrogen and oxygen atoms in total. The highest BCUT2D eigenvalue weighted by Crippen LogP contribution is 2.44. The summed E-state index contributed by atoms with van der Waals surface area (Å²) >= 11 is 0. The molecule has 1 aliphatic rings. The maximum Gasteiger partial charge on any atom is 0.336 e. The molecule has 1 aromatic heterocycles. The Balaban J connectivity index is 1.87. The number of benzene rings is 2. The summed E-state index contributed by atoms with van der Waals surface area (Å²) in [5, 5.41) is 0.808. The Kier molecular flexibility index (Phi) is 7.47. The summed E-state index contributed by atoms with van der Waals surface area (Å²) in [7, 11) is 4.94. The standard InChI is InChI=1S/C28H35NO5/c1-18-7-6-13-29(17-18)14-12-22(20-8-10-21(31-3)11-9-20)27-24(33-5)16-23(32-4)26-19(2)15-25(30)34-28(26)27/h8-11,15-16,18,22H,6-7,12-14,17H2,1-5H3/t18-,22+/m0/s1. The van der Waals surface area contributed by atoms with Crippen LogP contribution in [-0.2, 0) is 0 Å². The highest BCUT2D eigenvalue weighted by Gasteiger charge is 2.27. The number of hydrogen-bond donors (Lipinski definition) is 0. The van der Waals surface area contributed by atoms with Gasteiger partial charge in [0.25, 0.3) is 0 Å². The van der Waals surface area contributed by atoms with Crippen LogP contribution in [0.1, 0.15) is 48.8 Å². The Labute approximate surface area is 201 Å². The lowest BCUT2D eigenvalue weighted by Crippen LogP contribution is -2.35. The van der Waals surface area contributed by atoms with Crippen LogP contribution in [0.15, 0.2) is 45.6 Å². The van der Waals surface area contributed by atoms with Gasteiger partial charge in [-0.3, -0.25) is 0 Å². The largest absolute Gasteiger partial charge is 0.497 e. The van der Waals surface area contributed by atoms with Crippen LogP contribution >= 0.6 is 0 Å². The van der Waals surface area contributed by atoms with E-state index in [1.54, 1.807) is 21.3 Å². The summed E-state index contributed by atoms with van der Waals surface area (Å²) in [5.74, 6) is 2.78. The highest BCUT2D eigenvalue weighted by molar-refractivity contribution is 5.92. The van der Waals surface area contributed by atoms with Crippen LogP contribution in [-0.4, -0.2) is 45.9 Å². The SMILES string of the molecule is COc1ccc([C@@H](CCN2CCC[C@H](C)C2)c2c(OC)cc(OC)c3c(C)cc(=O)oc23)cc1. The summed E-state index contributed by atoms with van der Waals surface area (Å²) in [6, 6.07) is 11.6. The van der Waals surface area contributed by atoms with Crippen molar-refractivity contribution < 1.29 is 18.6 Å². The van der Waals surface area contributed by atoms with Crippen molar-refractivity contribution in [1.29, 1.82) is 0 Å². The Hall–Kier alpha value is -2.99. The van der Waals surface area contributed by atoms with Gasteiger partial charge in [-0.15, -0.1) is 0 Å². The molecule has 2 aromatic carbocycles. The molecule has 2 atom stereocenters. The van der Waals surface area contributed by atoms with Crippen LogP contribution in [0.5, 0.6) is 17.2 Å².